The summed E-state index contributed by atoms with van der Waals surface area (Å²) < 4.78 is 7.59. The zero-order valence-electron chi connectivity index (χ0n) is 13.7. The van der Waals surface area contributed by atoms with Crippen molar-refractivity contribution in [1.29, 1.82) is 0 Å². The average Bonchev–Trinajstić information content (AvgIpc) is 3.14. The number of benzene rings is 2. The van der Waals surface area contributed by atoms with Gasteiger partial charge < -0.3 is 9.84 Å². The second kappa shape index (κ2) is 6.26. The number of nitrogens with zero attached hydrogens (tertiary/aromatic N) is 3. The molecule has 0 saturated carbocycles. The van der Waals surface area contributed by atoms with Crippen molar-refractivity contribution in [3.63, 3.8) is 0 Å². The summed E-state index contributed by atoms with van der Waals surface area (Å²) in [7, 11) is 1.85. The van der Waals surface area contributed by atoms with Gasteiger partial charge in [-0.15, -0.1) is 0 Å². The first kappa shape index (κ1) is 15.2. The van der Waals surface area contributed by atoms with E-state index in [-0.39, 0.29) is 6.10 Å². The molecule has 1 aliphatic rings. The molecule has 5 heteroatoms. The van der Waals surface area contributed by atoms with Crippen LogP contribution in [-0.4, -0.2) is 45.1 Å². The number of ether oxygens (including phenoxy) is 1. The molecule has 124 valence electrons. The molecule has 0 radical (unpaired) electrons. The smallest absolute Gasteiger partial charge is 0.157 e. The van der Waals surface area contributed by atoms with Crippen LogP contribution in [0.1, 0.15) is 5.56 Å². The molecule has 1 aliphatic heterocycles. The highest BCUT2D eigenvalue weighted by molar-refractivity contribution is 5.85. The summed E-state index contributed by atoms with van der Waals surface area (Å²) in [6.45, 7) is 2.14. The fourth-order valence-electron chi connectivity index (χ4n) is 3.38. The quantitative estimate of drug-likeness (QED) is 0.800. The Morgan fingerprint density at radius 3 is 2.83 bits per heavy atom. The number of hydrogen-bond acceptors (Lipinski definition) is 4. The monoisotopic (exact) mass is 323 g/mol. The zero-order valence-corrected chi connectivity index (χ0v) is 13.7. The van der Waals surface area contributed by atoms with Gasteiger partial charge in [0.15, 0.2) is 5.75 Å². The lowest BCUT2D eigenvalue weighted by atomic mass is 10.0. The molecule has 0 unspecified atom stereocenters. The third kappa shape index (κ3) is 3.00. The number of aromatic nitrogens is 2. The van der Waals surface area contributed by atoms with E-state index in [0.717, 1.165) is 6.54 Å². The predicted molar refractivity (Wildman–Crippen MR) is 92.9 cm³/mol. The Morgan fingerprint density at radius 1 is 1.17 bits per heavy atom. The second-order valence-corrected chi connectivity index (χ2v) is 6.41. The van der Waals surface area contributed by atoms with Crippen LogP contribution in [-0.2, 0) is 13.6 Å². The third-order valence-corrected chi connectivity index (χ3v) is 4.56. The van der Waals surface area contributed by atoms with Gasteiger partial charge in [-0.1, -0.05) is 42.5 Å². The molecule has 1 fully saturated rings. The van der Waals surface area contributed by atoms with Gasteiger partial charge in [-0.3, -0.25) is 9.58 Å². The molecule has 5 nitrogen and oxygen atoms in total. The maximum atomic E-state index is 10.3. The first-order chi connectivity index (χ1) is 11.7. The number of likely N-dealkylation sites (tertiary alicyclic amines) is 1. The molecule has 0 bridgehead atoms. The van der Waals surface area contributed by atoms with E-state index in [4.69, 9.17) is 4.74 Å². The van der Waals surface area contributed by atoms with Crippen molar-refractivity contribution in [2.75, 3.05) is 13.1 Å². The van der Waals surface area contributed by atoms with Crippen molar-refractivity contribution in [2.24, 2.45) is 7.05 Å². The Bertz CT molecular complexity index is 840. The predicted octanol–water partition coefficient (Wildman–Crippen LogP) is 2.20. The molecule has 4 rings (SSSR count). The van der Waals surface area contributed by atoms with Crippen LogP contribution in [0.5, 0.6) is 5.75 Å². The molecule has 1 saturated heterocycles. The summed E-state index contributed by atoms with van der Waals surface area (Å²) in [6.07, 6.45) is 2.80. The van der Waals surface area contributed by atoms with Crippen LogP contribution in [0.2, 0.25) is 0 Å². The Balaban J connectivity index is 1.47. The molecule has 2 aromatic carbocycles. The highest BCUT2D eigenvalue weighted by Crippen LogP contribution is 2.23. The van der Waals surface area contributed by atoms with E-state index in [1.54, 1.807) is 10.9 Å². The van der Waals surface area contributed by atoms with Gasteiger partial charge in [-0.25, -0.2) is 0 Å². The van der Waals surface area contributed by atoms with Crippen molar-refractivity contribution in [2.45, 2.75) is 18.8 Å². The minimum atomic E-state index is -0.486. The van der Waals surface area contributed by atoms with Crippen LogP contribution in [0.4, 0.5) is 0 Å². The number of aliphatic hydroxyl groups is 1. The van der Waals surface area contributed by atoms with E-state index < -0.39 is 6.10 Å². The summed E-state index contributed by atoms with van der Waals surface area (Å²) >= 11 is 0. The van der Waals surface area contributed by atoms with Gasteiger partial charge >= 0.3 is 0 Å². The van der Waals surface area contributed by atoms with Gasteiger partial charge in [0.2, 0.25) is 0 Å². The van der Waals surface area contributed by atoms with Crippen LogP contribution in [0.25, 0.3) is 10.8 Å². The van der Waals surface area contributed by atoms with E-state index in [1.165, 1.54) is 16.3 Å². The van der Waals surface area contributed by atoms with E-state index in [9.17, 15) is 5.11 Å². The summed E-state index contributed by atoms with van der Waals surface area (Å²) in [4.78, 5) is 2.24. The highest BCUT2D eigenvalue weighted by Gasteiger charge is 2.33. The summed E-state index contributed by atoms with van der Waals surface area (Å²) in [5.74, 6) is 0.702. The topological polar surface area (TPSA) is 50.5 Å². The van der Waals surface area contributed by atoms with Crippen LogP contribution in [0.15, 0.2) is 54.9 Å². The van der Waals surface area contributed by atoms with Crippen molar-refractivity contribution in [1.82, 2.24) is 14.7 Å². The van der Waals surface area contributed by atoms with Gasteiger partial charge in [-0.2, -0.15) is 5.10 Å². The molecule has 0 spiro atoms. The Morgan fingerprint density at radius 2 is 2.00 bits per heavy atom. The fourth-order valence-corrected chi connectivity index (χ4v) is 3.38. The molecule has 2 atom stereocenters. The Labute approximate surface area is 141 Å². The van der Waals surface area contributed by atoms with Crippen LogP contribution in [0.3, 0.4) is 0 Å². The first-order valence-corrected chi connectivity index (χ1v) is 8.21. The average molecular weight is 323 g/mol. The number of hydrogen-bond donors (Lipinski definition) is 1. The Hall–Kier alpha value is -2.37. The summed E-state index contributed by atoms with van der Waals surface area (Å²) in [5.41, 5.74) is 1.28. The molecule has 2 heterocycles. The SMILES string of the molecule is Cn1cc(O[C@@H]2CN(Cc3cccc4ccccc34)C[C@H]2O)cn1. The van der Waals surface area contributed by atoms with Crippen molar-refractivity contribution in [3.05, 3.63) is 60.4 Å². The summed E-state index contributed by atoms with van der Waals surface area (Å²) in [5, 5.41) is 16.9. The highest BCUT2D eigenvalue weighted by atomic mass is 16.5. The van der Waals surface area contributed by atoms with Crippen LogP contribution in [0, 0.1) is 0 Å². The molecule has 0 aliphatic carbocycles. The summed E-state index contributed by atoms with van der Waals surface area (Å²) in [6, 6.07) is 14.8. The van der Waals surface area contributed by atoms with Crippen molar-refractivity contribution >= 4 is 10.8 Å². The third-order valence-electron chi connectivity index (χ3n) is 4.56. The molecular formula is C19H21N3O2. The normalized spacial score (nSPS) is 21.4. The number of fused-ring (bicyclic) bond motifs is 1. The van der Waals surface area contributed by atoms with E-state index in [0.29, 0.717) is 18.8 Å². The van der Waals surface area contributed by atoms with Crippen molar-refractivity contribution < 1.29 is 9.84 Å². The molecular weight excluding hydrogens is 302 g/mol. The van der Waals surface area contributed by atoms with E-state index in [2.05, 4.69) is 52.5 Å². The van der Waals surface area contributed by atoms with Gasteiger partial charge in [0.05, 0.1) is 12.4 Å². The number of aliphatic hydroxyl groups excluding tert-OH is 1. The van der Waals surface area contributed by atoms with Gasteiger partial charge in [-0.05, 0) is 16.3 Å². The van der Waals surface area contributed by atoms with E-state index >= 15 is 0 Å². The Kier molecular flexibility index (Phi) is 3.96. The first-order valence-electron chi connectivity index (χ1n) is 8.21. The zero-order chi connectivity index (χ0) is 16.5. The number of aryl methyl sites for hydroxylation is 1. The molecule has 0 amide bonds. The molecule has 1 N–H and O–H groups in total. The van der Waals surface area contributed by atoms with Crippen molar-refractivity contribution in [3.8, 4) is 5.75 Å². The lowest BCUT2D eigenvalue weighted by Gasteiger charge is -2.17. The van der Waals surface area contributed by atoms with Crippen LogP contribution < -0.4 is 4.74 Å². The number of β-amino-alcohol motifs (C(OH)–C–C–N with tert-alkyl or cyclic N) is 1. The lowest BCUT2D eigenvalue weighted by molar-refractivity contribution is 0.0736. The molecule has 24 heavy (non-hydrogen) atoms. The fraction of sp³-hybridized carbons (Fsp3) is 0.316. The minimum Gasteiger partial charge on any atom is -0.483 e. The van der Waals surface area contributed by atoms with Gasteiger partial charge in [0, 0.05) is 26.7 Å². The van der Waals surface area contributed by atoms with Gasteiger partial charge in [0.1, 0.15) is 12.2 Å². The largest absolute Gasteiger partial charge is 0.483 e. The molecule has 3 aromatic rings. The number of rotatable bonds is 4. The standard InChI is InChI=1S/C19H21N3O2/c1-21-11-16(9-20-21)24-19-13-22(12-18(19)23)10-15-7-4-6-14-5-2-3-8-17(14)15/h2-9,11,18-19,23H,10,12-13H2,1H3/t18-,19-/m1/s1. The lowest BCUT2D eigenvalue weighted by Crippen LogP contribution is -2.29. The van der Waals surface area contributed by atoms with E-state index in [1.807, 2.05) is 13.2 Å². The van der Waals surface area contributed by atoms with Crippen LogP contribution >= 0.6 is 0 Å². The maximum Gasteiger partial charge on any atom is 0.157 e. The molecule has 1 aromatic heterocycles. The maximum absolute atomic E-state index is 10.3. The second-order valence-electron chi connectivity index (χ2n) is 6.41. The minimum absolute atomic E-state index is 0.218. The van der Waals surface area contributed by atoms with Gasteiger partial charge in [0.25, 0.3) is 0 Å².